The molecule has 0 spiro atoms. The van der Waals surface area contributed by atoms with Gasteiger partial charge < -0.3 is 10.1 Å². The van der Waals surface area contributed by atoms with E-state index in [1.807, 2.05) is 48.5 Å². The van der Waals surface area contributed by atoms with E-state index in [1.54, 1.807) is 0 Å². The van der Waals surface area contributed by atoms with Crippen molar-refractivity contribution in [3.63, 3.8) is 0 Å². The van der Waals surface area contributed by atoms with Gasteiger partial charge in [0, 0.05) is 27.5 Å². The highest BCUT2D eigenvalue weighted by Gasteiger charge is 2.33. The molecule has 5 heteroatoms. The number of halogens is 1. The van der Waals surface area contributed by atoms with Crippen LogP contribution in [-0.2, 0) is 11.2 Å². The lowest BCUT2D eigenvalue weighted by atomic mass is 9.90. The number of aliphatic carboxylic acids is 1. The first-order valence-corrected chi connectivity index (χ1v) is 8.26. The van der Waals surface area contributed by atoms with Gasteiger partial charge in [-0.1, -0.05) is 46.3 Å². The van der Waals surface area contributed by atoms with E-state index in [0.717, 1.165) is 32.2 Å². The fourth-order valence-corrected chi connectivity index (χ4v) is 3.76. The van der Waals surface area contributed by atoms with Crippen LogP contribution in [0.5, 0.6) is 0 Å². The molecule has 2 heterocycles. The normalized spacial score (nSPS) is 20.4. The summed E-state index contributed by atoms with van der Waals surface area (Å²) in [5.74, 6) is -0.819. The average Bonchev–Trinajstić information content (AvgIpc) is 2.92. The number of para-hydroxylation sites is 1. The smallest absolute Gasteiger partial charge is 0.321 e. The van der Waals surface area contributed by atoms with Crippen molar-refractivity contribution in [2.24, 2.45) is 0 Å². The molecule has 0 bridgehead atoms. The lowest BCUT2D eigenvalue weighted by molar-refractivity contribution is -0.139. The first-order chi connectivity index (χ1) is 11.1. The van der Waals surface area contributed by atoms with E-state index < -0.39 is 12.0 Å². The molecule has 4 rings (SSSR count). The highest BCUT2D eigenvalue weighted by Crippen LogP contribution is 2.35. The number of aromatic nitrogens is 1. The van der Waals surface area contributed by atoms with Crippen LogP contribution in [0.2, 0.25) is 0 Å². The predicted octanol–water partition coefficient (Wildman–Crippen LogP) is 3.62. The molecule has 1 aromatic heterocycles. The lowest BCUT2D eigenvalue weighted by Crippen LogP contribution is -2.44. The molecule has 4 nitrogen and oxygen atoms in total. The summed E-state index contributed by atoms with van der Waals surface area (Å²) in [5, 5.41) is 13.9. The van der Waals surface area contributed by atoms with E-state index in [1.165, 1.54) is 0 Å². The summed E-state index contributed by atoms with van der Waals surface area (Å²) in [6, 6.07) is 15.3. The highest BCUT2D eigenvalue weighted by atomic mass is 79.9. The van der Waals surface area contributed by atoms with Crippen molar-refractivity contribution in [3.05, 3.63) is 69.8 Å². The van der Waals surface area contributed by atoms with Gasteiger partial charge in [-0.25, -0.2) is 0 Å². The van der Waals surface area contributed by atoms with Crippen LogP contribution in [0.15, 0.2) is 53.0 Å². The summed E-state index contributed by atoms with van der Waals surface area (Å²) in [7, 11) is 0. The first-order valence-electron chi connectivity index (χ1n) is 7.47. The number of carbonyl (C=O) groups is 1. The largest absolute Gasteiger partial charge is 0.480 e. The fourth-order valence-electron chi connectivity index (χ4n) is 3.34. The van der Waals surface area contributed by atoms with Gasteiger partial charge in [0.1, 0.15) is 6.04 Å². The van der Waals surface area contributed by atoms with Crippen molar-refractivity contribution in [1.82, 2.24) is 10.3 Å². The van der Waals surface area contributed by atoms with E-state index in [2.05, 4.69) is 26.2 Å². The number of nitrogens with one attached hydrogen (secondary N) is 2. The number of carboxylic acid groups (broad SMARTS) is 1. The minimum Gasteiger partial charge on any atom is -0.480 e. The Morgan fingerprint density at radius 1 is 1.17 bits per heavy atom. The van der Waals surface area contributed by atoms with Gasteiger partial charge in [0.15, 0.2) is 0 Å². The average molecular weight is 371 g/mol. The number of rotatable bonds is 2. The monoisotopic (exact) mass is 370 g/mol. The topological polar surface area (TPSA) is 65.1 Å². The number of carboxylic acids is 1. The van der Waals surface area contributed by atoms with Crippen molar-refractivity contribution in [2.45, 2.75) is 18.5 Å². The van der Waals surface area contributed by atoms with E-state index >= 15 is 0 Å². The third-order valence-electron chi connectivity index (χ3n) is 4.39. The maximum atomic E-state index is 11.6. The van der Waals surface area contributed by atoms with Crippen molar-refractivity contribution in [2.75, 3.05) is 0 Å². The molecular formula is C18H15BrN2O2. The summed E-state index contributed by atoms with van der Waals surface area (Å²) < 4.78 is 0.979. The zero-order valence-corrected chi connectivity index (χ0v) is 13.8. The van der Waals surface area contributed by atoms with Crippen molar-refractivity contribution in [3.8, 4) is 0 Å². The number of aromatic amines is 1. The molecule has 0 amide bonds. The SMILES string of the molecule is O=C(O)[C@H]1Cc2c([nH]c3ccccc23)[C@H](c2cccc(Br)c2)N1. The van der Waals surface area contributed by atoms with Crippen molar-refractivity contribution >= 4 is 32.8 Å². The van der Waals surface area contributed by atoms with Crippen LogP contribution in [-0.4, -0.2) is 22.1 Å². The second kappa shape index (κ2) is 5.51. The summed E-state index contributed by atoms with van der Waals surface area (Å²) >= 11 is 3.49. The van der Waals surface area contributed by atoms with Gasteiger partial charge in [-0.15, -0.1) is 0 Å². The Morgan fingerprint density at radius 3 is 2.78 bits per heavy atom. The molecule has 0 radical (unpaired) electrons. The summed E-state index contributed by atoms with van der Waals surface area (Å²) in [6.45, 7) is 0. The number of hydrogen-bond donors (Lipinski definition) is 3. The molecule has 0 fully saturated rings. The Bertz CT molecular complexity index is 903. The molecule has 0 saturated carbocycles. The molecule has 2 atom stereocenters. The van der Waals surface area contributed by atoms with Gasteiger partial charge in [-0.05, 0) is 29.3 Å². The molecule has 3 aromatic rings. The van der Waals surface area contributed by atoms with Crippen molar-refractivity contribution in [1.29, 1.82) is 0 Å². The van der Waals surface area contributed by atoms with Gasteiger partial charge in [0.25, 0.3) is 0 Å². The zero-order chi connectivity index (χ0) is 16.0. The van der Waals surface area contributed by atoms with Crippen LogP contribution in [0.4, 0.5) is 0 Å². The molecule has 0 saturated heterocycles. The maximum absolute atomic E-state index is 11.6. The number of fused-ring (bicyclic) bond motifs is 3. The first kappa shape index (κ1) is 14.5. The Hall–Kier alpha value is -2.11. The molecule has 0 aliphatic carbocycles. The number of hydrogen-bond acceptors (Lipinski definition) is 2. The second-order valence-corrected chi connectivity index (χ2v) is 6.73. The van der Waals surface area contributed by atoms with Crippen LogP contribution in [0.25, 0.3) is 10.9 Å². The number of H-pyrrole nitrogens is 1. The molecule has 23 heavy (non-hydrogen) atoms. The van der Waals surface area contributed by atoms with Crippen LogP contribution in [0, 0.1) is 0 Å². The minimum absolute atomic E-state index is 0.162. The van der Waals surface area contributed by atoms with Crippen molar-refractivity contribution < 1.29 is 9.90 Å². The van der Waals surface area contributed by atoms with E-state index in [4.69, 9.17) is 0 Å². The molecule has 116 valence electrons. The summed E-state index contributed by atoms with van der Waals surface area (Å²) in [6.07, 6.45) is 0.485. The quantitative estimate of drug-likeness (QED) is 0.645. The lowest BCUT2D eigenvalue weighted by Gasteiger charge is -2.29. The molecular weight excluding hydrogens is 356 g/mol. The van der Waals surface area contributed by atoms with Crippen LogP contribution < -0.4 is 5.32 Å². The van der Waals surface area contributed by atoms with E-state index in [-0.39, 0.29) is 6.04 Å². The molecule has 0 unspecified atom stereocenters. The van der Waals surface area contributed by atoms with Gasteiger partial charge in [0.05, 0.1) is 6.04 Å². The zero-order valence-electron chi connectivity index (χ0n) is 12.2. The Labute approximate surface area is 141 Å². The highest BCUT2D eigenvalue weighted by molar-refractivity contribution is 9.10. The van der Waals surface area contributed by atoms with Crippen LogP contribution >= 0.6 is 15.9 Å². The Morgan fingerprint density at radius 2 is 2.00 bits per heavy atom. The van der Waals surface area contributed by atoms with Gasteiger partial charge >= 0.3 is 5.97 Å². The molecule has 2 aromatic carbocycles. The standard InChI is InChI=1S/C18H15BrN2O2/c19-11-5-3-4-10(8-11)16-17-13(9-15(21-16)18(22)23)12-6-1-2-7-14(12)20-17/h1-8,15-16,20-21H,9H2,(H,22,23)/t15-,16+/m1/s1. The fraction of sp³-hybridized carbons (Fsp3) is 0.167. The van der Waals surface area contributed by atoms with Gasteiger partial charge in [-0.3, -0.25) is 10.1 Å². The van der Waals surface area contributed by atoms with E-state index in [9.17, 15) is 9.90 Å². The van der Waals surface area contributed by atoms with Gasteiger partial charge in [-0.2, -0.15) is 0 Å². The third kappa shape index (κ3) is 2.46. The molecule has 3 N–H and O–H groups in total. The number of benzene rings is 2. The van der Waals surface area contributed by atoms with E-state index in [0.29, 0.717) is 6.42 Å². The molecule has 1 aliphatic rings. The summed E-state index contributed by atoms with van der Waals surface area (Å²) in [4.78, 5) is 15.1. The Balaban J connectivity index is 1.91. The third-order valence-corrected chi connectivity index (χ3v) is 4.88. The van der Waals surface area contributed by atoms with Crippen LogP contribution in [0.3, 0.4) is 0 Å². The van der Waals surface area contributed by atoms with Gasteiger partial charge in [0.2, 0.25) is 0 Å². The predicted molar refractivity (Wildman–Crippen MR) is 92.5 cm³/mol. The Kier molecular flexibility index (Phi) is 3.47. The summed E-state index contributed by atoms with van der Waals surface area (Å²) in [5.41, 5.74) is 4.24. The van der Waals surface area contributed by atoms with Crippen LogP contribution in [0.1, 0.15) is 22.9 Å². The second-order valence-electron chi connectivity index (χ2n) is 5.81. The minimum atomic E-state index is -0.819. The maximum Gasteiger partial charge on any atom is 0.321 e. The molecule has 1 aliphatic heterocycles.